The zero-order valence-electron chi connectivity index (χ0n) is 39.0. The predicted octanol–water partition coefficient (Wildman–Crippen LogP) is 12.8. The number of hydrogen-bond donors (Lipinski definition) is 0. The van der Waals surface area contributed by atoms with Crippen LogP contribution in [0.15, 0.2) is 115 Å². The minimum atomic E-state index is -2.56. The van der Waals surface area contributed by atoms with E-state index in [0.717, 1.165) is 33.3 Å². The Hall–Kier alpha value is -4.19. The van der Waals surface area contributed by atoms with Crippen molar-refractivity contribution in [2.45, 2.75) is 72.9 Å². The van der Waals surface area contributed by atoms with Gasteiger partial charge in [0, 0.05) is 46.3 Å². The van der Waals surface area contributed by atoms with Crippen LogP contribution in [0.5, 0.6) is 0 Å². The van der Waals surface area contributed by atoms with Crippen molar-refractivity contribution < 1.29 is 29.7 Å². The van der Waals surface area contributed by atoms with Crippen LogP contribution < -0.4 is 5.19 Å². The van der Waals surface area contributed by atoms with E-state index in [4.69, 9.17) is 14.6 Å². The quantitative estimate of drug-likeness (QED) is 0.123. The number of hydrogen-bond acceptors (Lipinski definition) is 3. The van der Waals surface area contributed by atoms with E-state index in [0.29, 0.717) is 16.8 Å². The summed E-state index contributed by atoms with van der Waals surface area (Å²) < 4.78 is 60.6. The van der Waals surface area contributed by atoms with Crippen molar-refractivity contribution in [1.29, 1.82) is 0 Å². The third kappa shape index (κ3) is 8.38. The molecule has 0 saturated heterocycles. The monoisotopic (exact) mass is 927 g/mol. The van der Waals surface area contributed by atoms with Crippen LogP contribution in [0, 0.1) is 24.9 Å². The van der Waals surface area contributed by atoms with Crippen LogP contribution >= 0.6 is 11.3 Å². The molecular formula is C48H49IrN3SSi-2. The van der Waals surface area contributed by atoms with E-state index in [-0.39, 0.29) is 49.1 Å². The van der Waals surface area contributed by atoms with E-state index in [1.165, 1.54) is 31.8 Å². The second-order valence-electron chi connectivity index (χ2n) is 15.8. The number of nitrogens with zero attached hydrogens (tertiary/aromatic N) is 3. The number of benzene rings is 5. The van der Waals surface area contributed by atoms with Gasteiger partial charge in [-0.05, 0) is 74.6 Å². The maximum atomic E-state index is 8.60. The van der Waals surface area contributed by atoms with Crippen molar-refractivity contribution in [1.82, 2.24) is 14.5 Å². The van der Waals surface area contributed by atoms with Crippen LogP contribution in [0.1, 0.15) is 60.9 Å². The summed E-state index contributed by atoms with van der Waals surface area (Å²) in [6.07, 6.45) is 0.120. The van der Waals surface area contributed by atoms with Gasteiger partial charge >= 0.3 is 0 Å². The van der Waals surface area contributed by atoms with Gasteiger partial charge in [0.2, 0.25) is 0 Å². The normalized spacial score (nSPS) is 14.3. The molecule has 54 heavy (non-hydrogen) atoms. The van der Waals surface area contributed by atoms with Gasteiger partial charge < -0.3 is 9.55 Å². The van der Waals surface area contributed by atoms with Gasteiger partial charge in [-0.15, -0.1) is 59.1 Å². The molecule has 0 N–H and O–H groups in total. The number of aromatic nitrogens is 3. The van der Waals surface area contributed by atoms with Crippen molar-refractivity contribution in [2.24, 2.45) is 5.92 Å². The van der Waals surface area contributed by atoms with Gasteiger partial charge in [-0.3, -0.25) is 4.98 Å². The second kappa shape index (κ2) is 15.9. The van der Waals surface area contributed by atoms with Gasteiger partial charge in [-0.25, -0.2) is 0 Å². The summed E-state index contributed by atoms with van der Waals surface area (Å²) in [5.41, 5.74) is 6.62. The first-order chi connectivity index (χ1) is 28.1. The molecule has 8 aromatic rings. The number of imidazole rings is 1. The average Bonchev–Trinajstić information content (AvgIpc) is 3.75. The molecule has 0 aliphatic rings. The van der Waals surface area contributed by atoms with Crippen molar-refractivity contribution in [3.63, 3.8) is 0 Å². The van der Waals surface area contributed by atoms with Gasteiger partial charge in [0.05, 0.1) is 24.9 Å². The first-order valence-electron chi connectivity index (χ1n) is 21.5. The molecule has 0 aliphatic carbocycles. The van der Waals surface area contributed by atoms with Crippen LogP contribution in [0.25, 0.3) is 59.5 Å². The minimum Gasteiger partial charge on any atom is -0.333 e. The van der Waals surface area contributed by atoms with E-state index in [1.54, 1.807) is 12.3 Å². The van der Waals surface area contributed by atoms with Gasteiger partial charge in [0.25, 0.3) is 0 Å². The summed E-state index contributed by atoms with van der Waals surface area (Å²) in [4.78, 5) is 9.48. The molecule has 0 aliphatic heterocycles. The average molecular weight is 927 g/mol. The Bertz CT molecular complexity index is 2850. The number of thiophene rings is 1. The molecule has 277 valence electrons. The molecule has 5 aromatic carbocycles. The molecule has 1 radical (unpaired) electrons. The standard InChI is InChI=1S/C29H23N2S.C19H26NSi.Ir/c1-29(2,3)20-13-15-21(16-14-20)31-25-10-6-5-9-24(25)30-28(31)19-12-17-23-22-8-4-7-11-26(22)32-27(23)18-19;1-14(2)11-17-12-18(16-9-7-15(3)8-10-16)20-13-19(17)21(4,5)6;/h4-11,13-18H,1-3H3;7-9,12-14H,11H2,1-6H3;/q2*-1;/i;3D3,7D,8D,11D2;. The van der Waals surface area contributed by atoms with E-state index >= 15 is 0 Å². The Morgan fingerprint density at radius 2 is 1.63 bits per heavy atom. The molecule has 6 heteroatoms. The molecule has 3 heterocycles. The number of rotatable bonds is 6. The third-order valence-electron chi connectivity index (χ3n) is 9.22. The van der Waals surface area contributed by atoms with E-state index < -0.39 is 21.3 Å². The summed E-state index contributed by atoms with van der Waals surface area (Å²) in [6, 6.07) is 38.8. The molecule has 0 bridgehead atoms. The Kier molecular flexibility index (Phi) is 9.13. The SMILES string of the molecule is CC(C)(C)c1ccc(-n2c(-c3[c-]cc4c(c3)sc3ccccc34)nc3ccccc32)cc1.[2H]c1[c-]c(-c2cc(C([2H])([2H])C(C)C)c([Si](C)(C)C)cn2)cc([2H])c1C([2H])([2H])[2H].[Ir]. The summed E-state index contributed by atoms with van der Waals surface area (Å²) in [5.74, 6) is 0.673. The maximum Gasteiger partial charge on any atom is 0.0798 e. The molecule has 3 nitrogen and oxygen atoms in total. The third-order valence-corrected chi connectivity index (χ3v) is 12.4. The second-order valence-corrected chi connectivity index (χ2v) is 21.9. The minimum absolute atomic E-state index is 0. The Morgan fingerprint density at radius 3 is 2.33 bits per heavy atom. The van der Waals surface area contributed by atoms with Crippen molar-refractivity contribution >= 4 is 55.8 Å². The molecule has 0 spiro atoms. The fourth-order valence-corrected chi connectivity index (χ4v) is 9.02. The zero-order valence-corrected chi connectivity index (χ0v) is 36.2. The Morgan fingerprint density at radius 1 is 0.889 bits per heavy atom. The summed E-state index contributed by atoms with van der Waals surface area (Å²) in [6.45, 7) is 14.2. The van der Waals surface area contributed by atoms with Crippen molar-refractivity contribution in [3.8, 4) is 28.3 Å². The van der Waals surface area contributed by atoms with Crippen LogP contribution in [0.4, 0.5) is 0 Å². The molecule has 0 saturated carbocycles. The maximum absolute atomic E-state index is 8.60. The first kappa shape index (κ1) is 31.1. The van der Waals surface area contributed by atoms with Crippen LogP contribution in [-0.2, 0) is 31.9 Å². The Balaban J connectivity index is 0.000000203. The number of para-hydroxylation sites is 2. The summed E-state index contributed by atoms with van der Waals surface area (Å²) in [5, 5.41) is 3.47. The molecule has 8 rings (SSSR count). The molecule has 0 unspecified atom stereocenters. The smallest absolute Gasteiger partial charge is 0.0798 e. The number of fused-ring (bicyclic) bond motifs is 4. The van der Waals surface area contributed by atoms with Crippen LogP contribution in [0.3, 0.4) is 0 Å². The van der Waals surface area contributed by atoms with Crippen LogP contribution in [0.2, 0.25) is 19.6 Å². The zero-order chi connectivity index (χ0) is 43.5. The largest absolute Gasteiger partial charge is 0.333 e. The van der Waals surface area contributed by atoms with E-state index in [1.807, 2.05) is 31.3 Å². The molecule has 0 atom stereocenters. The van der Waals surface area contributed by atoms with Gasteiger partial charge in [0.15, 0.2) is 0 Å². The van der Waals surface area contributed by atoms with Crippen molar-refractivity contribution in [3.05, 3.63) is 144 Å². The van der Waals surface area contributed by atoms with Gasteiger partial charge in [-0.1, -0.05) is 121 Å². The van der Waals surface area contributed by atoms with E-state index in [2.05, 4.69) is 141 Å². The predicted molar refractivity (Wildman–Crippen MR) is 232 cm³/mol. The van der Waals surface area contributed by atoms with Gasteiger partial charge in [0.1, 0.15) is 0 Å². The van der Waals surface area contributed by atoms with Gasteiger partial charge in [-0.2, -0.15) is 11.3 Å². The molecular weight excluding hydrogens is 871 g/mol. The fourth-order valence-electron chi connectivity index (χ4n) is 6.49. The first-order valence-corrected chi connectivity index (χ1v) is 22.3. The fraction of sp³-hybridized carbons (Fsp3) is 0.250. The summed E-state index contributed by atoms with van der Waals surface area (Å²) >= 11 is 1.83. The molecule has 3 aromatic heterocycles. The molecule has 0 fully saturated rings. The topological polar surface area (TPSA) is 30.7 Å². The number of pyridine rings is 1. The van der Waals surface area contributed by atoms with E-state index in [9.17, 15) is 0 Å². The summed E-state index contributed by atoms with van der Waals surface area (Å²) in [7, 11) is -1.87. The van der Waals surface area contributed by atoms with Crippen molar-refractivity contribution in [2.75, 3.05) is 0 Å². The Labute approximate surface area is 349 Å². The molecule has 0 amide bonds. The van der Waals surface area contributed by atoms with Crippen LogP contribution in [-0.4, -0.2) is 22.6 Å².